The summed E-state index contributed by atoms with van der Waals surface area (Å²) in [5, 5.41) is 0. The highest BCUT2D eigenvalue weighted by Gasteiger charge is 2.38. The fraction of sp³-hybridized carbons (Fsp3) is 0.750. The summed E-state index contributed by atoms with van der Waals surface area (Å²) < 4.78 is 11.4. The molecular weight excluding hydrogens is 280 g/mol. The van der Waals surface area contributed by atoms with Crippen molar-refractivity contribution < 1.29 is 9.47 Å². The molecule has 0 atom stereocenters. The maximum atomic E-state index is 6.00. The van der Waals surface area contributed by atoms with Crippen LogP contribution in [0.3, 0.4) is 0 Å². The van der Waals surface area contributed by atoms with Crippen LogP contribution in [0.4, 0.5) is 11.6 Å². The molecule has 0 radical (unpaired) electrons. The van der Waals surface area contributed by atoms with E-state index in [2.05, 4.69) is 25.8 Å². The Bertz CT molecular complexity index is 503. The van der Waals surface area contributed by atoms with Gasteiger partial charge in [-0.2, -0.15) is 0 Å². The highest BCUT2D eigenvalue weighted by atomic mass is 16.5. The minimum absolute atomic E-state index is 0.163. The van der Waals surface area contributed by atoms with Crippen LogP contribution < -0.4 is 9.80 Å². The number of hydrogen-bond acceptors (Lipinski definition) is 6. The predicted molar refractivity (Wildman–Crippen MR) is 84.4 cm³/mol. The summed E-state index contributed by atoms with van der Waals surface area (Å²) in [6.07, 6.45) is 6.36. The van der Waals surface area contributed by atoms with Crippen LogP contribution in [-0.4, -0.2) is 61.6 Å². The number of morpholine rings is 1. The van der Waals surface area contributed by atoms with E-state index in [1.54, 1.807) is 6.33 Å². The van der Waals surface area contributed by atoms with Gasteiger partial charge in [-0.15, -0.1) is 0 Å². The number of nitrogens with zero attached hydrogens (tertiary/aromatic N) is 4. The lowest BCUT2D eigenvalue weighted by atomic mass is 9.89. The first-order valence-electron chi connectivity index (χ1n) is 8.38. The van der Waals surface area contributed by atoms with E-state index in [0.717, 1.165) is 70.5 Å². The third-order valence-corrected chi connectivity index (χ3v) is 5.16. The molecule has 120 valence electrons. The Balaban J connectivity index is 1.44. The molecule has 1 spiro atoms. The van der Waals surface area contributed by atoms with E-state index >= 15 is 0 Å². The molecule has 4 heterocycles. The number of piperidine rings is 1. The summed E-state index contributed by atoms with van der Waals surface area (Å²) in [5.41, 5.74) is 0.163. The van der Waals surface area contributed by atoms with Crippen LogP contribution in [-0.2, 0) is 9.47 Å². The van der Waals surface area contributed by atoms with Gasteiger partial charge < -0.3 is 19.3 Å². The van der Waals surface area contributed by atoms with Gasteiger partial charge in [0, 0.05) is 38.9 Å². The molecule has 0 amide bonds. The first-order chi connectivity index (χ1) is 10.8. The lowest BCUT2D eigenvalue weighted by molar-refractivity contribution is -0.0147. The second-order valence-corrected chi connectivity index (χ2v) is 6.46. The Hall–Kier alpha value is -1.40. The van der Waals surface area contributed by atoms with Crippen LogP contribution >= 0.6 is 0 Å². The number of aromatic nitrogens is 2. The number of hydrogen-bond donors (Lipinski definition) is 0. The Morgan fingerprint density at radius 3 is 2.18 bits per heavy atom. The van der Waals surface area contributed by atoms with Crippen LogP contribution in [0.15, 0.2) is 12.4 Å². The average molecular weight is 304 g/mol. The molecule has 3 fully saturated rings. The van der Waals surface area contributed by atoms with Crippen LogP contribution in [0.1, 0.15) is 25.7 Å². The Morgan fingerprint density at radius 1 is 0.864 bits per heavy atom. The van der Waals surface area contributed by atoms with Crippen molar-refractivity contribution >= 4 is 11.6 Å². The molecule has 4 rings (SSSR count). The molecule has 6 nitrogen and oxygen atoms in total. The van der Waals surface area contributed by atoms with Gasteiger partial charge in [-0.25, -0.2) is 9.97 Å². The van der Waals surface area contributed by atoms with E-state index in [1.165, 1.54) is 12.8 Å². The largest absolute Gasteiger partial charge is 0.378 e. The third kappa shape index (κ3) is 2.77. The van der Waals surface area contributed by atoms with Gasteiger partial charge in [0.05, 0.1) is 18.8 Å². The summed E-state index contributed by atoms with van der Waals surface area (Å²) in [6, 6.07) is 2.12. The first kappa shape index (κ1) is 14.2. The summed E-state index contributed by atoms with van der Waals surface area (Å²) in [7, 11) is 0. The van der Waals surface area contributed by atoms with Crippen molar-refractivity contribution in [3.8, 4) is 0 Å². The summed E-state index contributed by atoms with van der Waals surface area (Å²) in [5.74, 6) is 2.06. The minimum atomic E-state index is 0.163. The molecule has 6 heteroatoms. The molecule has 0 unspecified atom stereocenters. The summed E-state index contributed by atoms with van der Waals surface area (Å²) >= 11 is 0. The van der Waals surface area contributed by atoms with Crippen LogP contribution in [0.5, 0.6) is 0 Å². The number of anilines is 2. The van der Waals surface area contributed by atoms with Crippen molar-refractivity contribution in [2.45, 2.75) is 31.3 Å². The fourth-order valence-corrected chi connectivity index (χ4v) is 3.77. The maximum absolute atomic E-state index is 6.00. The molecule has 0 bridgehead atoms. The topological polar surface area (TPSA) is 50.7 Å². The molecule has 3 saturated heterocycles. The second kappa shape index (κ2) is 6.01. The standard InChI is InChI=1S/C16H24N4O2/c1-2-16(22-9-1)3-5-19(6-4-16)14-12-15(18-13-17-14)20-7-10-21-11-8-20/h12-13H,1-11H2. The number of ether oxygens (including phenoxy) is 2. The zero-order valence-corrected chi connectivity index (χ0v) is 13.0. The summed E-state index contributed by atoms with van der Waals surface area (Å²) in [6.45, 7) is 6.38. The molecular formula is C16H24N4O2. The van der Waals surface area contributed by atoms with Gasteiger partial charge in [-0.05, 0) is 25.7 Å². The predicted octanol–water partition coefficient (Wildman–Crippen LogP) is 1.46. The Kier molecular flexibility index (Phi) is 3.88. The highest BCUT2D eigenvalue weighted by Crippen LogP contribution is 2.36. The molecule has 3 aliphatic heterocycles. The van der Waals surface area contributed by atoms with E-state index in [-0.39, 0.29) is 5.60 Å². The fourth-order valence-electron chi connectivity index (χ4n) is 3.77. The van der Waals surface area contributed by atoms with Crippen molar-refractivity contribution in [1.29, 1.82) is 0 Å². The van der Waals surface area contributed by atoms with Gasteiger partial charge in [0.1, 0.15) is 18.0 Å². The van der Waals surface area contributed by atoms with E-state index in [9.17, 15) is 0 Å². The van der Waals surface area contributed by atoms with E-state index in [1.807, 2.05) is 0 Å². The van der Waals surface area contributed by atoms with E-state index in [0.29, 0.717) is 0 Å². The number of rotatable bonds is 2. The van der Waals surface area contributed by atoms with E-state index < -0.39 is 0 Å². The summed E-state index contributed by atoms with van der Waals surface area (Å²) in [4.78, 5) is 13.6. The Labute approximate surface area is 131 Å². The first-order valence-corrected chi connectivity index (χ1v) is 8.38. The van der Waals surface area contributed by atoms with Crippen molar-refractivity contribution in [3.05, 3.63) is 12.4 Å². The Morgan fingerprint density at radius 2 is 1.55 bits per heavy atom. The highest BCUT2D eigenvalue weighted by molar-refractivity contribution is 5.50. The van der Waals surface area contributed by atoms with Crippen molar-refractivity contribution in [1.82, 2.24) is 9.97 Å². The molecule has 0 N–H and O–H groups in total. The zero-order valence-electron chi connectivity index (χ0n) is 13.0. The second-order valence-electron chi connectivity index (χ2n) is 6.46. The molecule has 22 heavy (non-hydrogen) atoms. The lowest BCUT2D eigenvalue weighted by Gasteiger charge is -2.39. The smallest absolute Gasteiger partial charge is 0.134 e. The van der Waals surface area contributed by atoms with Gasteiger partial charge in [-0.3, -0.25) is 0 Å². The van der Waals surface area contributed by atoms with Crippen LogP contribution in [0, 0.1) is 0 Å². The van der Waals surface area contributed by atoms with E-state index in [4.69, 9.17) is 9.47 Å². The van der Waals surface area contributed by atoms with Crippen LogP contribution in [0.2, 0.25) is 0 Å². The monoisotopic (exact) mass is 304 g/mol. The van der Waals surface area contributed by atoms with Crippen molar-refractivity contribution in [2.75, 3.05) is 55.8 Å². The third-order valence-electron chi connectivity index (χ3n) is 5.16. The van der Waals surface area contributed by atoms with Gasteiger partial charge in [0.25, 0.3) is 0 Å². The average Bonchev–Trinajstić information content (AvgIpc) is 3.05. The van der Waals surface area contributed by atoms with Gasteiger partial charge in [-0.1, -0.05) is 0 Å². The van der Waals surface area contributed by atoms with Gasteiger partial charge >= 0.3 is 0 Å². The molecule has 0 aromatic carbocycles. The van der Waals surface area contributed by atoms with Gasteiger partial charge in [0.15, 0.2) is 0 Å². The van der Waals surface area contributed by atoms with Crippen LogP contribution in [0.25, 0.3) is 0 Å². The molecule has 3 aliphatic rings. The lowest BCUT2D eigenvalue weighted by Crippen LogP contribution is -2.44. The quantitative estimate of drug-likeness (QED) is 0.824. The zero-order chi connectivity index (χ0) is 14.8. The molecule has 1 aromatic heterocycles. The molecule has 0 aliphatic carbocycles. The van der Waals surface area contributed by atoms with Gasteiger partial charge in [0.2, 0.25) is 0 Å². The minimum Gasteiger partial charge on any atom is -0.378 e. The molecule has 1 aromatic rings. The van der Waals surface area contributed by atoms with Crippen molar-refractivity contribution in [2.24, 2.45) is 0 Å². The molecule has 0 saturated carbocycles. The SMILES string of the molecule is c1nc(N2CCOCC2)cc(N2CCC3(CCCO3)CC2)n1. The van der Waals surface area contributed by atoms with Crippen molar-refractivity contribution in [3.63, 3.8) is 0 Å². The maximum Gasteiger partial charge on any atom is 0.134 e. The normalized spacial score (nSPS) is 24.9.